The Kier molecular flexibility index (Phi) is 1.33. The second-order valence-electron chi connectivity index (χ2n) is 3.81. The van der Waals surface area contributed by atoms with Gasteiger partial charge in [-0.2, -0.15) is 0 Å². The molecule has 0 aromatic heterocycles. The minimum Gasteiger partial charge on any atom is -0.287 e. The van der Waals surface area contributed by atoms with Gasteiger partial charge in [-0.3, -0.25) is 4.99 Å². The molecule has 10 heavy (non-hydrogen) atoms. The van der Waals surface area contributed by atoms with Gasteiger partial charge in [0.1, 0.15) is 0 Å². The molecule has 1 aliphatic heterocycles. The summed E-state index contributed by atoms with van der Waals surface area (Å²) >= 11 is 0. The lowest BCUT2D eigenvalue weighted by Crippen LogP contribution is -2.39. The Morgan fingerprint density at radius 3 is 2.30 bits per heavy atom. The molecule has 0 bridgehead atoms. The van der Waals surface area contributed by atoms with Crippen molar-refractivity contribution in [1.82, 2.24) is 0 Å². The fraction of sp³-hybridized carbons (Fsp3) is 0.889. The van der Waals surface area contributed by atoms with Crippen molar-refractivity contribution in [3.63, 3.8) is 0 Å². The van der Waals surface area contributed by atoms with E-state index in [1.807, 2.05) is 0 Å². The molecule has 0 atom stereocenters. The fourth-order valence-electron chi connectivity index (χ4n) is 2.37. The van der Waals surface area contributed by atoms with Crippen LogP contribution in [0.4, 0.5) is 0 Å². The topological polar surface area (TPSA) is 12.4 Å². The third-order valence-corrected chi connectivity index (χ3v) is 2.80. The van der Waals surface area contributed by atoms with E-state index in [9.17, 15) is 0 Å². The van der Waals surface area contributed by atoms with Gasteiger partial charge in [-0.05, 0) is 19.8 Å². The predicted molar refractivity (Wildman–Crippen MR) is 43.5 cm³/mol. The molecule has 0 N–H and O–H groups in total. The van der Waals surface area contributed by atoms with E-state index >= 15 is 0 Å². The van der Waals surface area contributed by atoms with Crippen LogP contribution in [-0.4, -0.2) is 11.3 Å². The van der Waals surface area contributed by atoms with E-state index < -0.39 is 0 Å². The Bertz CT molecular complexity index is 164. The zero-order valence-corrected chi connectivity index (χ0v) is 6.69. The number of aliphatic imine (C=N–C) groups is 1. The minimum absolute atomic E-state index is 0.461. The maximum atomic E-state index is 4.63. The first-order chi connectivity index (χ1) is 4.81. The normalized spacial score (nSPS) is 29.5. The molecule has 1 heteroatoms. The number of hydrogen-bond acceptors (Lipinski definition) is 1. The highest BCUT2D eigenvalue weighted by atomic mass is 14.9. The smallest absolute Gasteiger partial charge is 0.0659 e. The zero-order valence-electron chi connectivity index (χ0n) is 6.69. The number of rotatable bonds is 0. The molecule has 0 saturated heterocycles. The molecule has 2 aliphatic rings. The number of hydrogen-bond donors (Lipinski definition) is 0. The molecule has 0 unspecified atom stereocenters. The van der Waals surface area contributed by atoms with Crippen LogP contribution in [0.2, 0.25) is 0 Å². The van der Waals surface area contributed by atoms with Crippen LogP contribution in [-0.2, 0) is 0 Å². The average molecular weight is 137 g/mol. The molecule has 0 aromatic carbocycles. The SMILES string of the molecule is CC1=NC2(CCCCC2)C1. The monoisotopic (exact) mass is 137 g/mol. The standard InChI is InChI=1S/C9H15N/c1-8-7-9(10-8)5-3-2-4-6-9/h2-7H2,1H3. The molecule has 0 aromatic rings. The van der Waals surface area contributed by atoms with Crippen LogP contribution in [0.1, 0.15) is 45.4 Å². The van der Waals surface area contributed by atoms with Gasteiger partial charge >= 0.3 is 0 Å². The second-order valence-corrected chi connectivity index (χ2v) is 3.81. The number of nitrogens with zero attached hydrogens (tertiary/aromatic N) is 1. The maximum absolute atomic E-state index is 4.63. The lowest BCUT2D eigenvalue weighted by molar-refractivity contribution is 0.283. The molecule has 0 radical (unpaired) electrons. The molecule has 1 nitrogen and oxygen atoms in total. The minimum atomic E-state index is 0.461. The van der Waals surface area contributed by atoms with Crippen molar-refractivity contribution in [3.05, 3.63) is 0 Å². The predicted octanol–water partition coefficient (Wildman–Crippen LogP) is 2.55. The van der Waals surface area contributed by atoms with Crippen LogP contribution >= 0.6 is 0 Å². The largest absolute Gasteiger partial charge is 0.287 e. The molecular weight excluding hydrogens is 122 g/mol. The maximum Gasteiger partial charge on any atom is 0.0659 e. The summed E-state index contributed by atoms with van der Waals surface area (Å²) < 4.78 is 0. The Morgan fingerprint density at radius 2 is 1.80 bits per heavy atom. The summed E-state index contributed by atoms with van der Waals surface area (Å²) in [5.74, 6) is 0. The highest BCUT2D eigenvalue weighted by Gasteiger charge is 2.37. The Morgan fingerprint density at radius 1 is 1.20 bits per heavy atom. The van der Waals surface area contributed by atoms with E-state index in [2.05, 4.69) is 11.9 Å². The van der Waals surface area contributed by atoms with Gasteiger partial charge in [-0.25, -0.2) is 0 Å². The molecule has 1 saturated carbocycles. The summed E-state index contributed by atoms with van der Waals surface area (Å²) in [4.78, 5) is 4.63. The lowest BCUT2D eigenvalue weighted by Gasteiger charge is -2.40. The zero-order chi connectivity index (χ0) is 7.03. The summed E-state index contributed by atoms with van der Waals surface area (Å²) in [7, 11) is 0. The van der Waals surface area contributed by atoms with Crippen molar-refractivity contribution in [2.45, 2.75) is 51.0 Å². The summed E-state index contributed by atoms with van der Waals surface area (Å²) in [6, 6.07) is 0. The second kappa shape index (κ2) is 2.08. The van der Waals surface area contributed by atoms with Gasteiger partial charge < -0.3 is 0 Å². The van der Waals surface area contributed by atoms with Crippen molar-refractivity contribution in [1.29, 1.82) is 0 Å². The molecular formula is C9H15N. The van der Waals surface area contributed by atoms with Gasteiger partial charge in [-0.1, -0.05) is 19.3 Å². The van der Waals surface area contributed by atoms with E-state index in [4.69, 9.17) is 0 Å². The van der Waals surface area contributed by atoms with Crippen molar-refractivity contribution >= 4 is 5.71 Å². The van der Waals surface area contributed by atoms with Gasteiger partial charge in [0.25, 0.3) is 0 Å². The van der Waals surface area contributed by atoms with E-state index in [1.54, 1.807) is 0 Å². The molecule has 0 amide bonds. The van der Waals surface area contributed by atoms with Crippen LogP contribution in [0, 0.1) is 0 Å². The van der Waals surface area contributed by atoms with Crippen LogP contribution in [0.25, 0.3) is 0 Å². The van der Waals surface area contributed by atoms with E-state index in [0.29, 0.717) is 5.54 Å². The van der Waals surface area contributed by atoms with Crippen LogP contribution in [0.5, 0.6) is 0 Å². The molecule has 1 aliphatic carbocycles. The Hall–Kier alpha value is -0.330. The van der Waals surface area contributed by atoms with Crippen LogP contribution < -0.4 is 0 Å². The molecule has 2 rings (SSSR count). The Labute approximate surface area is 62.5 Å². The van der Waals surface area contributed by atoms with E-state index in [-0.39, 0.29) is 0 Å². The summed E-state index contributed by atoms with van der Waals surface area (Å²) in [6.45, 7) is 2.15. The first-order valence-electron chi connectivity index (χ1n) is 4.36. The quantitative estimate of drug-likeness (QED) is 0.486. The van der Waals surface area contributed by atoms with Gasteiger partial charge in [0.2, 0.25) is 0 Å². The molecule has 1 spiro atoms. The average Bonchev–Trinajstić information content (AvgIpc) is 1.87. The first kappa shape index (κ1) is 6.38. The molecule has 1 heterocycles. The highest BCUT2D eigenvalue weighted by molar-refractivity contribution is 5.88. The first-order valence-corrected chi connectivity index (χ1v) is 4.36. The van der Waals surface area contributed by atoms with Gasteiger partial charge in [0.15, 0.2) is 0 Å². The van der Waals surface area contributed by atoms with Gasteiger partial charge in [-0.15, -0.1) is 0 Å². The Balaban J connectivity index is 2.04. The van der Waals surface area contributed by atoms with E-state index in [0.717, 1.165) is 0 Å². The summed E-state index contributed by atoms with van der Waals surface area (Å²) in [5, 5.41) is 0. The van der Waals surface area contributed by atoms with Crippen LogP contribution in [0.15, 0.2) is 4.99 Å². The summed E-state index contributed by atoms with van der Waals surface area (Å²) in [6.07, 6.45) is 8.30. The van der Waals surface area contributed by atoms with Crippen molar-refractivity contribution in [2.24, 2.45) is 4.99 Å². The molecule has 1 fully saturated rings. The highest BCUT2D eigenvalue weighted by Crippen LogP contribution is 2.40. The summed E-state index contributed by atoms with van der Waals surface area (Å²) in [5.41, 5.74) is 1.84. The fourth-order valence-corrected chi connectivity index (χ4v) is 2.37. The van der Waals surface area contributed by atoms with Crippen LogP contribution in [0.3, 0.4) is 0 Å². The lowest BCUT2D eigenvalue weighted by atomic mass is 9.75. The van der Waals surface area contributed by atoms with Crippen molar-refractivity contribution in [3.8, 4) is 0 Å². The van der Waals surface area contributed by atoms with Crippen molar-refractivity contribution < 1.29 is 0 Å². The van der Waals surface area contributed by atoms with Gasteiger partial charge in [0.05, 0.1) is 5.54 Å². The van der Waals surface area contributed by atoms with Gasteiger partial charge in [0, 0.05) is 12.1 Å². The van der Waals surface area contributed by atoms with E-state index in [1.165, 1.54) is 44.2 Å². The third-order valence-electron chi connectivity index (χ3n) is 2.80. The third kappa shape index (κ3) is 0.882. The van der Waals surface area contributed by atoms with Crippen molar-refractivity contribution in [2.75, 3.05) is 0 Å². The molecule has 56 valence electrons.